The van der Waals surface area contributed by atoms with Crippen molar-refractivity contribution < 1.29 is 53.5 Å². The molecule has 14 rings (SSSR count). The minimum atomic E-state index is -4.71. The fourth-order valence-corrected chi connectivity index (χ4v) is 73.8. The zero-order chi connectivity index (χ0) is 50.0. The Balaban J connectivity index is 1.13. The predicted molar refractivity (Wildman–Crippen MR) is 297 cm³/mol. The molecule has 0 atom stereocenters. The number of hydrogen-bond acceptors (Lipinski definition) is 14. The van der Waals surface area contributed by atoms with E-state index in [1.54, 1.807) is 6.20 Å². The summed E-state index contributed by atoms with van der Waals surface area (Å²) in [6.45, 7) is 4.31. The van der Waals surface area contributed by atoms with Gasteiger partial charge < -0.3 is 53.5 Å². The van der Waals surface area contributed by atoms with E-state index in [0.717, 1.165) is 199 Å². The Morgan fingerprint density at radius 1 is 0.365 bits per heavy atom. The second-order valence-electron chi connectivity index (χ2n) is 25.4. The van der Waals surface area contributed by atoms with Gasteiger partial charge in [-0.3, -0.25) is 0 Å². The molecule has 0 spiro atoms. The molecule has 0 radical (unpaired) electrons. The first kappa shape index (κ1) is 53.5. The summed E-state index contributed by atoms with van der Waals surface area (Å²) in [4.78, 5) is 4.63. The lowest BCUT2D eigenvalue weighted by atomic mass is 10.0. The smallest absolute Gasteiger partial charge is 0.384 e. The van der Waals surface area contributed by atoms with Gasteiger partial charge in [-0.2, -0.15) is 0 Å². The minimum absolute atomic E-state index is 0.00991. The van der Waals surface area contributed by atoms with E-state index in [2.05, 4.69) is 29.5 Å². The molecule has 0 aromatic carbocycles. The van der Waals surface area contributed by atoms with Crippen molar-refractivity contribution in [1.29, 1.82) is 0 Å². The molecule has 13 aliphatic rings. The van der Waals surface area contributed by atoms with E-state index in [9.17, 15) is 0 Å². The fraction of sp³-hybridized carbons (Fsp3) is 0.863. The van der Waals surface area contributed by atoms with E-state index < -0.39 is 79.0 Å². The molecule has 1 aromatic rings. The Bertz CT molecular complexity index is 1990. The molecule has 7 saturated carbocycles. The standard InChI is InChI=1S/C51H87NO13Si9/c1-66(2,43-41-44-26-24-25-42-52-44)53-74-63-71(49-35-18-7-19-36-49)57-68(46-29-12-4-13-30-46)54-67(45-27-10-3-11-28-45)55-69(59-71,47-31-14-5-15-32-47)61-73(65-74,51-39-22-9-23-40-51)62-70(56-67,48-33-16-6-17-34-48)60-72(58-68,64-74)50-37-20-8-21-38-50/h24-26,42,45-51H,3-23,27-40H2,1-2H3. The molecular formula is C51H87NO13Si9. The zero-order valence-corrected chi connectivity index (χ0v) is 53.9. The third kappa shape index (κ3) is 10.1. The summed E-state index contributed by atoms with van der Waals surface area (Å²) in [5, 5.41) is 0. The van der Waals surface area contributed by atoms with Gasteiger partial charge >= 0.3 is 70.7 Å². The minimum Gasteiger partial charge on any atom is -0.384 e. The van der Waals surface area contributed by atoms with Crippen LogP contribution in [0, 0.1) is 11.5 Å². The summed E-state index contributed by atoms with van der Waals surface area (Å²) in [6, 6.07) is 5.88. The maximum absolute atomic E-state index is 8.75. The molecule has 410 valence electrons. The van der Waals surface area contributed by atoms with E-state index in [-0.39, 0.29) is 38.8 Å². The number of rotatable bonds is 9. The Kier molecular flexibility index (Phi) is 15.5. The first-order chi connectivity index (χ1) is 36.0. The molecule has 23 heteroatoms. The molecule has 74 heavy (non-hydrogen) atoms. The van der Waals surface area contributed by atoms with Crippen LogP contribution in [0.2, 0.25) is 51.9 Å². The van der Waals surface area contributed by atoms with Crippen LogP contribution >= 0.6 is 0 Å². The molecule has 6 saturated heterocycles. The molecule has 7 aliphatic carbocycles. The van der Waals surface area contributed by atoms with Gasteiger partial charge in [0.1, 0.15) is 5.69 Å². The van der Waals surface area contributed by atoms with Crippen LogP contribution in [0.15, 0.2) is 24.4 Å². The highest BCUT2D eigenvalue weighted by atomic mass is 28.6. The topological polar surface area (TPSA) is 133 Å². The van der Waals surface area contributed by atoms with Gasteiger partial charge in [0.2, 0.25) is 0 Å². The van der Waals surface area contributed by atoms with Gasteiger partial charge in [-0.15, -0.1) is 0 Å². The first-order valence-electron chi connectivity index (χ1n) is 30.6. The Morgan fingerprint density at radius 3 is 0.838 bits per heavy atom. The van der Waals surface area contributed by atoms with Gasteiger partial charge in [-0.1, -0.05) is 152 Å². The Morgan fingerprint density at radius 2 is 0.608 bits per heavy atom. The van der Waals surface area contributed by atoms with Gasteiger partial charge in [0.25, 0.3) is 8.32 Å². The van der Waals surface area contributed by atoms with Crippen molar-refractivity contribution in [2.45, 2.75) is 277 Å². The highest BCUT2D eigenvalue weighted by Gasteiger charge is 2.89. The number of nitrogens with zero attached hydrogens (tertiary/aromatic N) is 1. The van der Waals surface area contributed by atoms with Crippen LogP contribution in [0.3, 0.4) is 0 Å². The van der Waals surface area contributed by atoms with Gasteiger partial charge in [0, 0.05) is 45.0 Å². The average molecular weight is 1180 g/mol. The molecule has 1 aromatic heterocycles. The van der Waals surface area contributed by atoms with Crippen molar-refractivity contribution in [3.63, 3.8) is 0 Å². The molecule has 0 N–H and O–H groups in total. The largest absolute Gasteiger partial charge is 0.647 e. The average Bonchev–Trinajstić information content (AvgIpc) is 3.48. The molecule has 6 aliphatic heterocycles. The summed E-state index contributed by atoms with van der Waals surface area (Å²) in [5.41, 5.74) is 4.04. The van der Waals surface area contributed by atoms with Crippen molar-refractivity contribution in [3.05, 3.63) is 30.1 Å². The van der Waals surface area contributed by atoms with Crippen molar-refractivity contribution >= 4 is 79.0 Å². The summed E-state index contributed by atoms with van der Waals surface area (Å²) in [7, 11) is -37.1. The molecule has 13 fully saturated rings. The number of hydrogen-bond donors (Lipinski definition) is 0. The van der Waals surface area contributed by atoms with Gasteiger partial charge in [-0.05, 0) is 115 Å². The van der Waals surface area contributed by atoms with Gasteiger partial charge in [-0.25, -0.2) is 4.98 Å². The molecule has 8 bridgehead atoms. The molecule has 14 nitrogen and oxygen atoms in total. The van der Waals surface area contributed by atoms with Crippen LogP contribution in [-0.4, -0.2) is 84.0 Å². The van der Waals surface area contributed by atoms with Crippen LogP contribution in [0.4, 0.5) is 0 Å². The first-order valence-corrected chi connectivity index (χ1v) is 47.7. The lowest BCUT2D eigenvalue weighted by molar-refractivity contribution is -0.0657. The van der Waals surface area contributed by atoms with Crippen LogP contribution in [0.5, 0.6) is 0 Å². The van der Waals surface area contributed by atoms with Crippen LogP contribution in [0.1, 0.15) is 230 Å². The Labute approximate surface area is 452 Å². The maximum atomic E-state index is 8.75. The quantitative estimate of drug-likeness (QED) is 0.172. The maximum Gasteiger partial charge on any atom is 0.647 e. The highest BCUT2D eigenvalue weighted by Crippen LogP contribution is 2.65. The van der Waals surface area contributed by atoms with E-state index >= 15 is 0 Å². The van der Waals surface area contributed by atoms with Crippen molar-refractivity contribution in [3.8, 4) is 11.5 Å². The second-order valence-corrected chi connectivity index (χ2v) is 54.4. The van der Waals surface area contributed by atoms with Crippen LogP contribution in [-0.2, 0) is 53.5 Å². The van der Waals surface area contributed by atoms with Crippen molar-refractivity contribution in [2.75, 3.05) is 0 Å². The summed E-state index contributed by atoms with van der Waals surface area (Å²) < 4.78 is 112. The van der Waals surface area contributed by atoms with Crippen LogP contribution < -0.4 is 0 Å². The number of pyridine rings is 1. The SMILES string of the molecule is C[Si](C)(C#Cc1ccccn1)O[Si]12O[Si]3(C4CCCCC4)O[Si]4(C5CCCCC5)O[Si](C5CCCCC5)(O1)O[Si]1(C5CCCCC5)O[Si](C5CCCCC5)(O2)O[Si](C2CCCCC2)(O3)O[Si](C2CCCCC2)(O4)O1. The summed E-state index contributed by atoms with van der Waals surface area (Å²) in [5.74, 6) is 3.44. The molecular weight excluding hydrogens is 1090 g/mol. The normalized spacial score (nSPS) is 42.9. The monoisotopic (exact) mass is 1170 g/mol. The molecule has 0 amide bonds. The molecule has 0 unspecified atom stereocenters. The van der Waals surface area contributed by atoms with Gasteiger partial charge in [0.15, 0.2) is 0 Å². The number of aromatic nitrogens is 1. The lowest BCUT2D eigenvalue weighted by Gasteiger charge is -2.67. The van der Waals surface area contributed by atoms with E-state index in [0.29, 0.717) is 5.69 Å². The summed E-state index contributed by atoms with van der Waals surface area (Å²) >= 11 is 0. The van der Waals surface area contributed by atoms with E-state index in [1.807, 2.05) is 18.2 Å². The van der Waals surface area contributed by atoms with Crippen LogP contribution in [0.25, 0.3) is 0 Å². The lowest BCUT2D eigenvalue weighted by Crippen LogP contribution is -2.91. The van der Waals surface area contributed by atoms with E-state index in [1.165, 1.54) is 25.7 Å². The fourth-order valence-electron chi connectivity index (χ4n) is 15.8. The van der Waals surface area contributed by atoms with Crippen molar-refractivity contribution in [2.24, 2.45) is 0 Å². The zero-order valence-electron chi connectivity index (χ0n) is 44.9. The second kappa shape index (κ2) is 21.5. The third-order valence-electron chi connectivity index (χ3n) is 19.6. The third-order valence-corrected chi connectivity index (χ3v) is 61.3. The van der Waals surface area contributed by atoms with Crippen molar-refractivity contribution in [1.82, 2.24) is 4.98 Å². The Hall–Kier alpha value is 0.142. The summed E-state index contributed by atoms with van der Waals surface area (Å²) in [6.07, 6.45) is 37.9. The van der Waals surface area contributed by atoms with E-state index in [4.69, 9.17) is 53.5 Å². The highest BCUT2D eigenvalue weighted by molar-refractivity contribution is 7.05. The van der Waals surface area contributed by atoms with Gasteiger partial charge in [0.05, 0.1) is 0 Å². The molecule has 7 heterocycles. The predicted octanol–water partition coefficient (Wildman–Crippen LogP) is 13.8.